The summed E-state index contributed by atoms with van der Waals surface area (Å²) in [7, 11) is 0. The lowest BCUT2D eigenvalue weighted by Gasteiger charge is -2.10. The predicted octanol–water partition coefficient (Wildman–Crippen LogP) is 3.54. The van der Waals surface area contributed by atoms with E-state index in [1.807, 2.05) is 18.3 Å². The molecular weight excluding hydrogens is 252 g/mol. The molecule has 4 nitrogen and oxygen atoms in total. The van der Waals surface area contributed by atoms with Gasteiger partial charge in [-0.1, -0.05) is 19.9 Å². The van der Waals surface area contributed by atoms with Crippen LogP contribution in [0.5, 0.6) is 0 Å². The van der Waals surface area contributed by atoms with Crippen molar-refractivity contribution in [1.29, 1.82) is 0 Å². The Morgan fingerprint density at radius 3 is 2.75 bits per heavy atom. The lowest BCUT2D eigenvalue weighted by atomic mass is 10.1. The summed E-state index contributed by atoms with van der Waals surface area (Å²) in [6, 6.07) is 7.26. The summed E-state index contributed by atoms with van der Waals surface area (Å²) >= 11 is 0. The van der Waals surface area contributed by atoms with E-state index >= 15 is 0 Å². The molecule has 20 heavy (non-hydrogen) atoms. The number of rotatable bonds is 3. The molecule has 0 atom stereocenters. The summed E-state index contributed by atoms with van der Waals surface area (Å²) in [5.41, 5.74) is 2.38. The van der Waals surface area contributed by atoms with E-state index in [4.69, 9.17) is 0 Å². The average molecular weight is 268 g/mol. The Morgan fingerprint density at radius 2 is 2.05 bits per heavy atom. The van der Waals surface area contributed by atoms with Crippen LogP contribution in [0.2, 0.25) is 0 Å². The number of pyridine rings is 1. The number of benzene rings is 1. The summed E-state index contributed by atoms with van der Waals surface area (Å²) in [6.45, 7) is 5.16. The lowest BCUT2D eigenvalue weighted by molar-refractivity contribution is 0.0697. The molecule has 3 aromatic rings. The maximum atomic E-state index is 11.2. The quantitative estimate of drug-likeness (QED) is 0.790. The number of fused-ring (bicyclic) bond motifs is 3. The van der Waals surface area contributed by atoms with Gasteiger partial charge >= 0.3 is 5.97 Å². The van der Waals surface area contributed by atoms with Crippen LogP contribution in [0.3, 0.4) is 0 Å². The third-order valence-electron chi connectivity index (χ3n) is 3.46. The summed E-state index contributed by atoms with van der Waals surface area (Å²) in [5, 5.41) is 11.3. The molecule has 0 saturated carbocycles. The summed E-state index contributed by atoms with van der Waals surface area (Å²) < 4.78 is 2.18. The Kier molecular flexibility index (Phi) is 2.93. The first-order chi connectivity index (χ1) is 9.58. The van der Waals surface area contributed by atoms with Gasteiger partial charge in [0.25, 0.3) is 0 Å². The van der Waals surface area contributed by atoms with Gasteiger partial charge in [0, 0.05) is 29.7 Å². The van der Waals surface area contributed by atoms with E-state index in [0.29, 0.717) is 11.5 Å². The van der Waals surface area contributed by atoms with E-state index in [1.54, 1.807) is 18.3 Å². The number of nitrogens with zero attached hydrogens (tertiary/aromatic N) is 2. The van der Waals surface area contributed by atoms with E-state index in [-0.39, 0.29) is 0 Å². The number of aromatic carboxylic acids is 1. The Labute approximate surface area is 116 Å². The Balaban J connectivity index is 2.39. The molecule has 4 heteroatoms. The molecule has 0 aliphatic heterocycles. The molecule has 0 unspecified atom stereocenters. The molecule has 0 radical (unpaired) electrons. The Morgan fingerprint density at radius 1 is 1.25 bits per heavy atom. The molecule has 3 rings (SSSR count). The standard InChI is InChI=1S/C16H16N2O2/c1-10(2)9-18-14-5-6-17-8-13(14)12-4-3-11(16(19)20)7-15(12)18/h3-8,10H,9H2,1-2H3,(H,19,20). The molecule has 0 amide bonds. The molecular formula is C16H16N2O2. The second kappa shape index (κ2) is 4.63. The minimum atomic E-state index is -0.897. The molecule has 2 aromatic heterocycles. The average Bonchev–Trinajstić information content (AvgIpc) is 2.73. The van der Waals surface area contributed by atoms with Crippen LogP contribution >= 0.6 is 0 Å². The van der Waals surface area contributed by atoms with Gasteiger partial charge in [-0.3, -0.25) is 4.98 Å². The molecule has 0 aliphatic rings. The third kappa shape index (κ3) is 1.93. The fourth-order valence-corrected chi connectivity index (χ4v) is 2.64. The van der Waals surface area contributed by atoms with Crippen LogP contribution in [0.15, 0.2) is 36.7 Å². The van der Waals surface area contributed by atoms with Crippen LogP contribution in [0.25, 0.3) is 21.8 Å². The van der Waals surface area contributed by atoms with Gasteiger partial charge in [0.1, 0.15) is 0 Å². The van der Waals surface area contributed by atoms with Gasteiger partial charge < -0.3 is 9.67 Å². The molecule has 2 heterocycles. The fourth-order valence-electron chi connectivity index (χ4n) is 2.64. The van der Waals surface area contributed by atoms with E-state index in [2.05, 4.69) is 23.4 Å². The van der Waals surface area contributed by atoms with Crippen molar-refractivity contribution in [3.05, 3.63) is 42.2 Å². The Bertz CT molecular complexity index is 803. The van der Waals surface area contributed by atoms with E-state index in [1.165, 1.54) is 0 Å². The number of carboxylic acids is 1. The summed E-state index contributed by atoms with van der Waals surface area (Å²) in [4.78, 5) is 15.4. The third-order valence-corrected chi connectivity index (χ3v) is 3.46. The zero-order valence-electron chi connectivity index (χ0n) is 11.5. The number of aromatic nitrogens is 2. The van der Waals surface area contributed by atoms with Gasteiger partial charge in [-0.15, -0.1) is 0 Å². The van der Waals surface area contributed by atoms with Crippen molar-refractivity contribution in [2.24, 2.45) is 5.92 Å². The minimum absolute atomic E-state index is 0.318. The van der Waals surface area contributed by atoms with E-state index in [9.17, 15) is 9.90 Å². The number of hydrogen-bond donors (Lipinski definition) is 1. The molecule has 0 bridgehead atoms. The number of hydrogen-bond acceptors (Lipinski definition) is 2. The Hall–Kier alpha value is -2.36. The maximum Gasteiger partial charge on any atom is 0.335 e. The van der Waals surface area contributed by atoms with Crippen molar-refractivity contribution >= 4 is 27.8 Å². The van der Waals surface area contributed by atoms with Crippen molar-refractivity contribution < 1.29 is 9.90 Å². The fraction of sp³-hybridized carbons (Fsp3) is 0.250. The van der Waals surface area contributed by atoms with Crippen molar-refractivity contribution in [2.75, 3.05) is 0 Å². The second-order valence-corrected chi connectivity index (χ2v) is 5.43. The second-order valence-electron chi connectivity index (χ2n) is 5.43. The van der Waals surface area contributed by atoms with Gasteiger partial charge in [0.2, 0.25) is 0 Å². The maximum absolute atomic E-state index is 11.2. The smallest absolute Gasteiger partial charge is 0.335 e. The van der Waals surface area contributed by atoms with Crippen LogP contribution in [-0.2, 0) is 6.54 Å². The lowest BCUT2D eigenvalue weighted by Crippen LogP contribution is -2.04. The van der Waals surface area contributed by atoms with Crippen LogP contribution in [0, 0.1) is 5.92 Å². The molecule has 0 spiro atoms. The highest BCUT2D eigenvalue weighted by Gasteiger charge is 2.13. The van der Waals surface area contributed by atoms with Crippen molar-refractivity contribution in [3.8, 4) is 0 Å². The largest absolute Gasteiger partial charge is 0.478 e. The van der Waals surface area contributed by atoms with Crippen LogP contribution in [0.4, 0.5) is 0 Å². The van der Waals surface area contributed by atoms with Gasteiger partial charge in [-0.05, 0) is 24.1 Å². The minimum Gasteiger partial charge on any atom is -0.478 e. The molecule has 0 saturated heterocycles. The zero-order chi connectivity index (χ0) is 14.3. The highest BCUT2D eigenvalue weighted by Crippen LogP contribution is 2.29. The van der Waals surface area contributed by atoms with Crippen LogP contribution in [-0.4, -0.2) is 20.6 Å². The molecule has 102 valence electrons. The monoisotopic (exact) mass is 268 g/mol. The first-order valence-corrected chi connectivity index (χ1v) is 6.67. The SMILES string of the molecule is CC(C)Cn1c2ccncc2c2ccc(C(=O)O)cc21. The molecule has 1 aromatic carbocycles. The normalized spacial score (nSPS) is 11.6. The van der Waals surface area contributed by atoms with Gasteiger partial charge in [0.15, 0.2) is 0 Å². The van der Waals surface area contributed by atoms with E-state index in [0.717, 1.165) is 28.4 Å². The van der Waals surface area contributed by atoms with Gasteiger partial charge in [0.05, 0.1) is 16.6 Å². The topological polar surface area (TPSA) is 55.1 Å². The first kappa shape index (κ1) is 12.7. The van der Waals surface area contributed by atoms with Crippen LogP contribution < -0.4 is 0 Å². The van der Waals surface area contributed by atoms with E-state index < -0.39 is 5.97 Å². The predicted molar refractivity (Wildman–Crippen MR) is 79.0 cm³/mol. The highest BCUT2D eigenvalue weighted by atomic mass is 16.4. The van der Waals surface area contributed by atoms with Crippen LogP contribution in [0.1, 0.15) is 24.2 Å². The number of carboxylic acid groups (broad SMARTS) is 1. The summed E-state index contributed by atoms with van der Waals surface area (Å²) in [5.74, 6) is -0.415. The molecule has 1 N–H and O–H groups in total. The van der Waals surface area contributed by atoms with Gasteiger partial charge in [-0.25, -0.2) is 4.79 Å². The van der Waals surface area contributed by atoms with Gasteiger partial charge in [-0.2, -0.15) is 0 Å². The van der Waals surface area contributed by atoms with Crippen molar-refractivity contribution in [3.63, 3.8) is 0 Å². The summed E-state index contributed by atoms with van der Waals surface area (Å²) in [6.07, 6.45) is 3.62. The van der Waals surface area contributed by atoms with Crippen molar-refractivity contribution in [1.82, 2.24) is 9.55 Å². The van der Waals surface area contributed by atoms with Crippen molar-refractivity contribution in [2.45, 2.75) is 20.4 Å². The zero-order valence-corrected chi connectivity index (χ0v) is 11.5. The highest BCUT2D eigenvalue weighted by molar-refractivity contribution is 6.09. The number of carbonyl (C=O) groups is 1. The molecule has 0 fully saturated rings. The first-order valence-electron chi connectivity index (χ1n) is 6.67. The molecule has 0 aliphatic carbocycles.